The predicted octanol–water partition coefficient (Wildman–Crippen LogP) is 3.78. The molecule has 0 fully saturated rings. The highest BCUT2D eigenvalue weighted by Crippen LogP contribution is 2.05. The van der Waals surface area contributed by atoms with Crippen LogP contribution in [0.5, 0.6) is 0 Å². The summed E-state index contributed by atoms with van der Waals surface area (Å²) in [6.07, 6.45) is 8.50. The fraction of sp³-hybridized carbons (Fsp3) is 0.778. The van der Waals surface area contributed by atoms with Gasteiger partial charge in [-0.1, -0.05) is 39.8 Å². The zero-order chi connectivity index (χ0) is 7.54. The largest absolute Gasteiger partial charge is 0.0885 e. The summed E-state index contributed by atoms with van der Waals surface area (Å²) in [7, 11) is 0. The van der Waals surface area contributed by atoms with Crippen LogP contribution in [0.1, 0.15) is 47.0 Å². The van der Waals surface area contributed by atoms with Crippen LogP contribution in [0.3, 0.4) is 0 Å². The van der Waals surface area contributed by atoms with Crippen LogP contribution in [0.4, 0.5) is 0 Å². The molecule has 0 unspecified atom stereocenters. The van der Waals surface area contributed by atoms with Crippen molar-refractivity contribution in [1.82, 2.24) is 0 Å². The SMILES string of the molecule is C1=CCCC1.CC.CC. The molecule has 0 heteroatoms. The molecule has 1 aliphatic rings. The molecule has 0 atom stereocenters. The predicted molar refractivity (Wildman–Crippen MR) is 45.7 cm³/mol. The molecule has 0 saturated carbocycles. The van der Waals surface area contributed by atoms with Crippen molar-refractivity contribution in [3.8, 4) is 0 Å². The fourth-order valence-electron chi connectivity index (χ4n) is 0.589. The Bertz CT molecular complexity index is 38.0. The minimum Gasteiger partial charge on any atom is -0.0885 e. The van der Waals surface area contributed by atoms with Gasteiger partial charge in [-0.2, -0.15) is 0 Å². The van der Waals surface area contributed by atoms with Gasteiger partial charge in [0.2, 0.25) is 0 Å². The van der Waals surface area contributed by atoms with Gasteiger partial charge >= 0.3 is 0 Å². The van der Waals surface area contributed by atoms with E-state index < -0.39 is 0 Å². The lowest BCUT2D eigenvalue weighted by atomic mass is 10.4. The molecular weight excluding hydrogens is 108 g/mol. The summed E-state index contributed by atoms with van der Waals surface area (Å²) in [6, 6.07) is 0. The van der Waals surface area contributed by atoms with Gasteiger partial charge in [-0.25, -0.2) is 0 Å². The van der Waals surface area contributed by atoms with Gasteiger partial charge in [-0.15, -0.1) is 0 Å². The molecule has 0 bridgehead atoms. The third kappa shape index (κ3) is 11.4. The summed E-state index contributed by atoms with van der Waals surface area (Å²) in [6.45, 7) is 8.00. The second kappa shape index (κ2) is 15.6. The third-order valence-electron chi connectivity index (χ3n) is 0.908. The average Bonchev–Trinajstić information content (AvgIpc) is 2.51. The monoisotopic (exact) mass is 128 g/mol. The molecule has 0 aromatic rings. The van der Waals surface area contributed by atoms with Crippen LogP contribution in [0.15, 0.2) is 12.2 Å². The third-order valence-corrected chi connectivity index (χ3v) is 0.908. The lowest BCUT2D eigenvalue weighted by Gasteiger charge is -1.69. The second-order valence-electron chi connectivity index (χ2n) is 1.40. The molecule has 0 amide bonds. The summed E-state index contributed by atoms with van der Waals surface area (Å²) >= 11 is 0. The smallest absolute Gasteiger partial charge is 0.0348 e. The minimum absolute atomic E-state index is 1.32. The molecular formula is C9H20. The Morgan fingerprint density at radius 3 is 1.22 bits per heavy atom. The molecule has 0 N–H and O–H groups in total. The van der Waals surface area contributed by atoms with Crippen LogP contribution in [0, 0.1) is 0 Å². The van der Waals surface area contributed by atoms with Gasteiger partial charge in [-0.3, -0.25) is 0 Å². The first-order chi connectivity index (χ1) is 4.50. The van der Waals surface area contributed by atoms with Crippen LogP contribution in [0.2, 0.25) is 0 Å². The summed E-state index contributed by atoms with van der Waals surface area (Å²) in [5.41, 5.74) is 0. The standard InChI is InChI=1S/C5H8.2C2H6/c1-2-4-5-3-1;2*1-2/h1-2H,3-5H2;2*1-2H3. The molecule has 0 spiro atoms. The lowest BCUT2D eigenvalue weighted by Crippen LogP contribution is -1.50. The van der Waals surface area contributed by atoms with E-state index in [1.54, 1.807) is 0 Å². The van der Waals surface area contributed by atoms with E-state index >= 15 is 0 Å². The molecule has 0 saturated heterocycles. The maximum absolute atomic E-state index is 2.24. The van der Waals surface area contributed by atoms with Crippen LogP contribution < -0.4 is 0 Å². The molecule has 1 rings (SSSR count). The molecule has 0 aromatic carbocycles. The molecule has 1 aliphatic carbocycles. The van der Waals surface area contributed by atoms with E-state index in [0.29, 0.717) is 0 Å². The molecule has 0 heterocycles. The van der Waals surface area contributed by atoms with Gasteiger partial charge in [0.15, 0.2) is 0 Å². The topological polar surface area (TPSA) is 0 Å². The van der Waals surface area contributed by atoms with Crippen LogP contribution in [-0.4, -0.2) is 0 Å². The average molecular weight is 128 g/mol. The van der Waals surface area contributed by atoms with Crippen molar-refractivity contribution >= 4 is 0 Å². The van der Waals surface area contributed by atoms with Gasteiger partial charge in [0.25, 0.3) is 0 Å². The van der Waals surface area contributed by atoms with E-state index in [0.717, 1.165) is 0 Å². The zero-order valence-electron chi connectivity index (χ0n) is 7.28. The highest BCUT2D eigenvalue weighted by molar-refractivity contribution is 4.88. The van der Waals surface area contributed by atoms with E-state index in [1.165, 1.54) is 19.3 Å². The summed E-state index contributed by atoms with van der Waals surface area (Å²) in [5.74, 6) is 0. The van der Waals surface area contributed by atoms with Crippen molar-refractivity contribution in [3.05, 3.63) is 12.2 Å². The molecule has 0 nitrogen and oxygen atoms in total. The van der Waals surface area contributed by atoms with Crippen molar-refractivity contribution in [2.45, 2.75) is 47.0 Å². The molecule has 56 valence electrons. The van der Waals surface area contributed by atoms with Crippen molar-refractivity contribution < 1.29 is 0 Å². The lowest BCUT2D eigenvalue weighted by molar-refractivity contribution is 0.929. The summed E-state index contributed by atoms with van der Waals surface area (Å²) < 4.78 is 0. The number of rotatable bonds is 0. The van der Waals surface area contributed by atoms with E-state index in [9.17, 15) is 0 Å². The van der Waals surface area contributed by atoms with Gasteiger partial charge in [0, 0.05) is 0 Å². The Hall–Kier alpha value is -0.260. The Morgan fingerprint density at radius 1 is 0.778 bits per heavy atom. The normalized spacial score (nSPS) is 12.9. The molecule has 9 heavy (non-hydrogen) atoms. The van der Waals surface area contributed by atoms with Crippen LogP contribution in [0.25, 0.3) is 0 Å². The van der Waals surface area contributed by atoms with Gasteiger partial charge in [0.1, 0.15) is 0 Å². The van der Waals surface area contributed by atoms with Crippen molar-refractivity contribution in [1.29, 1.82) is 0 Å². The quantitative estimate of drug-likeness (QED) is 0.435. The van der Waals surface area contributed by atoms with Gasteiger partial charge in [-0.05, 0) is 19.3 Å². The van der Waals surface area contributed by atoms with Crippen LogP contribution in [-0.2, 0) is 0 Å². The summed E-state index contributed by atoms with van der Waals surface area (Å²) in [4.78, 5) is 0. The Kier molecular flexibility index (Phi) is 20.0. The molecule has 0 radical (unpaired) electrons. The van der Waals surface area contributed by atoms with Crippen molar-refractivity contribution in [2.75, 3.05) is 0 Å². The first-order valence-electron chi connectivity index (χ1n) is 4.15. The van der Waals surface area contributed by atoms with Gasteiger partial charge in [0.05, 0.1) is 0 Å². The minimum atomic E-state index is 1.32. The van der Waals surface area contributed by atoms with E-state index in [1.807, 2.05) is 27.7 Å². The van der Waals surface area contributed by atoms with Gasteiger partial charge < -0.3 is 0 Å². The Balaban J connectivity index is 0. The van der Waals surface area contributed by atoms with Crippen molar-refractivity contribution in [2.24, 2.45) is 0 Å². The Morgan fingerprint density at radius 2 is 1.11 bits per heavy atom. The second-order valence-corrected chi connectivity index (χ2v) is 1.40. The highest BCUT2D eigenvalue weighted by Gasteiger charge is 1.84. The number of hydrogen-bond donors (Lipinski definition) is 0. The van der Waals surface area contributed by atoms with Crippen LogP contribution >= 0.6 is 0 Å². The number of allylic oxidation sites excluding steroid dienone is 2. The first kappa shape index (κ1) is 11.5. The van der Waals surface area contributed by atoms with E-state index in [-0.39, 0.29) is 0 Å². The molecule has 0 aliphatic heterocycles. The first-order valence-corrected chi connectivity index (χ1v) is 4.15. The zero-order valence-corrected chi connectivity index (χ0v) is 7.28. The molecule has 0 aromatic heterocycles. The fourth-order valence-corrected chi connectivity index (χ4v) is 0.589. The van der Waals surface area contributed by atoms with E-state index in [4.69, 9.17) is 0 Å². The highest BCUT2D eigenvalue weighted by atomic mass is 13.9. The number of hydrogen-bond acceptors (Lipinski definition) is 0. The maximum atomic E-state index is 2.24. The maximum Gasteiger partial charge on any atom is -0.0348 e. The Labute approximate surface area is 60.0 Å². The summed E-state index contributed by atoms with van der Waals surface area (Å²) in [5, 5.41) is 0. The van der Waals surface area contributed by atoms with Crippen molar-refractivity contribution in [3.63, 3.8) is 0 Å². The van der Waals surface area contributed by atoms with E-state index in [2.05, 4.69) is 12.2 Å².